The Kier molecular flexibility index (Phi) is 6.65. The Hall–Kier alpha value is -3.68. The molecule has 2 aliphatic rings. The second kappa shape index (κ2) is 10.1. The highest BCUT2D eigenvalue weighted by Crippen LogP contribution is 2.54. The molecule has 0 bridgehead atoms. The molecule has 1 saturated heterocycles. The Balaban J connectivity index is 1.40. The number of aromatic nitrogens is 3. The van der Waals surface area contributed by atoms with Gasteiger partial charge < -0.3 is 9.64 Å². The minimum absolute atomic E-state index is 0.0731. The summed E-state index contributed by atoms with van der Waals surface area (Å²) in [6.07, 6.45) is 3.31. The van der Waals surface area contributed by atoms with Crippen molar-refractivity contribution in [3.63, 3.8) is 0 Å². The number of benzene rings is 3. The fourth-order valence-electron chi connectivity index (χ4n) is 6.39. The van der Waals surface area contributed by atoms with Crippen LogP contribution in [0.5, 0.6) is 5.75 Å². The molecule has 39 heavy (non-hydrogen) atoms. The van der Waals surface area contributed by atoms with Gasteiger partial charge in [0.2, 0.25) is 5.91 Å². The van der Waals surface area contributed by atoms with Crippen LogP contribution in [-0.2, 0) is 30.3 Å². The zero-order valence-corrected chi connectivity index (χ0v) is 23.2. The average Bonchev–Trinajstić information content (AvgIpc) is 3.46. The Morgan fingerprint density at radius 2 is 1.74 bits per heavy atom. The minimum atomic E-state index is -0.679. The quantitative estimate of drug-likeness (QED) is 0.314. The van der Waals surface area contributed by atoms with E-state index in [4.69, 9.17) is 16.3 Å². The van der Waals surface area contributed by atoms with E-state index in [1.165, 1.54) is 5.56 Å². The zero-order chi connectivity index (χ0) is 27.1. The maximum atomic E-state index is 14.6. The third-order valence-corrected chi connectivity index (χ3v) is 8.48. The first-order chi connectivity index (χ1) is 18.9. The summed E-state index contributed by atoms with van der Waals surface area (Å²) < 4.78 is 7.07. The lowest BCUT2D eigenvalue weighted by Gasteiger charge is -2.47. The van der Waals surface area contributed by atoms with Crippen molar-refractivity contribution < 1.29 is 9.53 Å². The van der Waals surface area contributed by atoms with Crippen LogP contribution in [0.1, 0.15) is 48.2 Å². The summed E-state index contributed by atoms with van der Waals surface area (Å²) >= 11 is 6.49. The van der Waals surface area contributed by atoms with Gasteiger partial charge in [0.1, 0.15) is 5.75 Å². The lowest BCUT2D eigenvalue weighted by Crippen LogP contribution is -2.53. The summed E-state index contributed by atoms with van der Waals surface area (Å²) in [6.45, 7) is 3.47. The van der Waals surface area contributed by atoms with Gasteiger partial charge in [-0.1, -0.05) is 65.3 Å². The highest BCUT2D eigenvalue weighted by molar-refractivity contribution is 6.31. The number of ether oxygens (including phenoxy) is 1. The number of piperidine rings is 1. The SMILES string of the molecule is COc1ccc(CN2C(=O)[C@@]3(C[C@H](C)N(Cc4ccccc4)[C@H](c4cn(C)nn4)C3)c3ccc(Cl)cc32)cc1. The van der Waals surface area contributed by atoms with E-state index in [0.29, 0.717) is 24.4 Å². The van der Waals surface area contributed by atoms with Crippen molar-refractivity contribution in [3.8, 4) is 5.75 Å². The number of fused-ring (bicyclic) bond motifs is 2. The topological polar surface area (TPSA) is 63.5 Å². The maximum Gasteiger partial charge on any atom is 0.238 e. The van der Waals surface area contributed by atoms with Gasteiger partial charge in [0.25, 0.3) is 0 Å². The molecule has 0 aliphatic carbocycles. The number of rotatable bonds is 6. The van der Waals surface area contributed by atoms with Crippen LogP contribution in [0.3, 0.4) is 0 Å². The first kappa shape index (κ1) is 25.6. The van der Waals surface area contributed by atoms with Crippen molar-refractivity contribution in [2.75, 3.05) is 12.0 Å². The van der Waals surface area contributed by atoms with Gasteiger partial charge in [-0.2, -0.15) is 0 Å². The van der Waals surface area contributed by atoms with Crippen LogP contribution in [0, 0.1) is 0 Å². The standard InChI is InChI=1S/C31H32ClN5O2/c1-21-16-31(17-29(27-20-35(2)34-33-27)36(21)18-22-7-5-4-6-8-22)26-14-11-24(32)15-28(26)37(30(31)38)19-23-9-12-25(39-3)13-10-23/h4-15,20-21,29H,16-19H2,1-3H3/t21-,29-,31+/m0/s1. The molecular formula is C31H32ClN5O2. The number of hydrogen-bond acceptors (Lipinski definition) is 5. The second-order valence-electron chi connectivity index (χ2n) is 10.7. The molecule has 1 spiro atoms. The molecular weight excluding hydrogens is 510 g/mol. The summed E-state index contributed by atoms with van der Waals surface area (Å²) in [7, 11) is 3.54. The molecule has 2 aliphatic heterocycles. The van der Waals surface area contributed by atoms with E-state index in [9.17, 15) is 4.79 Å². The van der Waals surface area contributed by atoms with Gasteiger partial charge in [0.15, 0.2) is 0 Å². The fourth-order valence-corrected chi connectivity index (χ4v) is 6.56. The number of anilines is 1. The Morgan fingerprint density at radius 1 is 1.00 bits per heavy atom. The van der Waals surface area contributed by atoms with E-state index in [1.807, 2.05) is 60.6 Å². The Labute approximate surface area is 233 Å². The number of amides is 1. The molecule has 3 heterocycles. The number of aryl methyl sites for hydroxylation is 1. The molecule has 3 aromatic carbocycles. The molecule has 1 fully saturated rings. The van der Waals surface area contributed by atoms with Gasteiger partial charge in [-0.05, 0) is 60.7 Å². The largest absolute Gasteiger partial charge is 0.497 e. The van der Waals surface area contributed by atoms with Crippen LogP contribution < -0.4 is 9.64 Å². The molecule has 6 rings (SSSR count). The Morgan fingerprint density at radius 3 is 2.44 bits per heavy atom. The van der Waals surface area contributed by atoms with Crippen molar-refractivity contribution in [2.45, 2.75) is 50.4 Å². The van der Waals surface area contributed by atoms with E-state index in [0.717, 1.165) is 34.8 Å². The number of likely N-dealkylation sites (tertiary alicyclic amines) is 1. The fraction of sp³-hybridized carbons (Fsp3) is 0.323. The summed E-state index contributed by atoms with van der Waals surface area (Å²) in [4.78, 5) is 19.0. The second-order valence-corrected chi connectivity index (χ2v) is 11.2. The zero-order valence-electron chi connectivity index (χ0n) is 22.4. The molecule has 0 saturated carbocycles. The van der Waals surface area contributed by atoms with E-state index in [-0.39, 0.29) is 18.0 Å². The van der Waals surface area contributed by atoms with E-state index < -0.39 is 5.41 Å². The molecule has 0 N–H and O–H groups in total. The van der Waals surface area contributed by atoms with E-state index in [2.05, 4.69) is 52.5 Å². The van der Waals surface area contributed by atoms with Gasteiger partial charge in [-0.25, -0.2) is 0 Å². The maximum absolute atomic E-state index is 14.6. The van der Waals surface area contributed by atoms with Crippen LogP contribution >= 0.6 is 11.6 Å². The molecule has 1 amide bonds. The highest BCUT2D eigenvalue weighted by atomic mass is 35.5. The van der Waals surface area contributed by atoms with Crippen molar-refractivity contribution >= 4 is 23.2 Å². The first-order valence-corrected chi connectivity index (χ1v) is 13.7. The van der Waals surface area contributed by atoms with Gasteiger partial charge in [-0.15, -0.1) is 5.10 Å². The smallest absolute Gasteiger partial charge is 0.238 e. The molecule has 0 unspecified atom stereocenters. The van der Waals surface area contributed by atoms with Crippen LogP contribution in [0.2, 0.25) is 5.02 Å². The number of hydrogen-bond donors (Lipinski definition) is 0. The predicted octanol–water partition coefficient (Wildman–Crippen LogP) is 5.69. The molecule has 7 nitrogen and oxygen atoms in total. The first-order valence-electron chi connectivity index (χ1n) is 13.3. The third kappa shape index (κ3) is 4.60. The van der Waals surface area contributed by atoms with Crippen LogP contribution in [-0.4, -0.2) is 39.0 Å². The van der Waals surface area contributed by atoms with Crippen LogP contribution in [0.15, 0.2) is 79.0 Å². The number of methoxy groups -OCH3 is 1. The molecule has 1 aromatic heterocycles. The normalized spacial score (nSPS) is 22.9. The van der Waals surface area contributed by atoms with Crippen LogP contribution in [0.4, 0.5) is 5.69 Å². The van der Waals surface area contributed by atoms with Crippen molar-refractivity contribution in [3.05, 3.63) is 106 Å². The molecule has 4 aromatic rings. The molecule has 0 radical (unpaired) electrons. The Bertz CT molecular complexity index is 1490. The van der Waals surface area contributed by atoms with Crippen molar-refractivity contribution in [2.24, 2.45) is 7.05 Å². The van der Waals surface area contributed by atoms with Gasteiger partial charge in [-0.3, -0.25) is 14.4 Å². The van der Waals surface area contributed by atoms with Gasteiger partial charge >= 0.3 is 0 Å². The number of carbonyl (C=O) groups is 1. The average molecular weight is 542 g/mol. The number of halogens is 1. The summed E-state index contributed by atoms with van der Waals surface area (Å²) in [5.41, 5.74) is 4.42. The van der Waals surface area contributed by atoms with E-state index in [1.54, 1.807) is 11.8 Å². The molecule has 8 heteroatoms. The van der Waals surface area contributed by atoms with E-state index >= 15 is 0 Å². The molecule has 200 valence electrons. The minimum Gasteiger partial charge on any atom is -0.497 e. The van der Waals surface area contributed by atoms with Gasteiger partial charge in [0, 0.05) is 36.5 Å². The highest BCUT2D eigenvalue weighted by Gasteiger charge is 2.56. The monoisotopic (exact) mass is 541 g/mol. The number of carbonyl (C=O) groups excluding carboxylic acids is 1. The lowest BCUT2D eigenvalue weighted by atomic mass is 9.68. The number of nitrogens with zero attached hydrogens (tertiary/aromatic N) is 5. The summed E-state index contributed by atoms with van der Waals surface area (Å²) in [5.74, 6) is 0.911. The van der Waals surface area contributed by atoms with Crippen molar-refractivity contribution in [1.82, 2.24) is 19.9 Å². The van der Waals surface area contributed by atoms with Gasteiger partial charge in [0.05, 0.1) is 30.8 Å². The van der Waals surface area contributed by atoms with Crippen molar-refractivity contribution in [1.29, 1.82) is 0 Å². The summed E-state index contributed by atoms with van der Waals surface area (Å²) in [6, 6.07) is 24.3. The lowest BCUT2D eigenvalue weighted by molar-refractivity contribution is -0.127. The predicted molar refractivity (Wildman–Crippen MR) is 152 cm³/mol. The van der Waals surface area contributed by atoms with Crippen LogP contribution in [0.25, 0.3) is 0 Å². The third-order valence-electron chi connectivity index (χ3n) is 8.24. The summed E-state index contributed by atoms with van der Waals surface area (Å²) in [5, 5.41) is 9.41. The molecule has 3 atom stereocenters.